The molecule has 3 heteroatoms. The molecule has 1 atom stereocenters. The topological polar surface area (TPSA) is 38.3 Å². The molecule has 92 valence electrons. The Morgan fingerprint density at radius 2 is 2.12 bits per heavy atom. The second-order valence-corrected chi connectivity index (χ2v) is 4.80. The summed E-state index contributed by atoms with van der Waals surface area (Å²) in [6.45, 7) is 4.10. The summed E-state index contributed by atoms with van der Waals surface area (Å²) in [5.74, 6) is 0.274. The van der Waals surface area contributed by atoms with Gasteiger partial charge in [-0.2, -0.15) is 0 Å². The third kappa shape index (κ3) is 2.78. The summed E-state index contributed by atoms with van der Waals surface area (Å²) in [6, 6.07) is 6.03. The third-order valence-electron chi connectivity index (χ3n) is 3.25. The van der Waals surface area contributed by atoms with Crippen LogP contribution in [-0.2, 0) is 9.53 Å². The largest absolute Gasteiger partial charge is 0.467 e. The molecule has 1 unspecified atom stereocenters. The van der Waals surface area contributed by atoms with E-state index in [1.807, 2.05) is 6.92 Å². The standard InChI is InChI=1S/C14H19NO2/c1-9-4-5-10(2)12(8-9)15-13(11-6-7-11)14(16)17-3/h4-5,8,11,13,15H,6-7H2,1-3H3. The highest BCUT2D eigenvalue weighted by Crippen LogP contribution is 2.35. The van der Waals surface area contributed by atoms with Crippen LogP contribution in [0, 0.1) is 19.8 Å². The molecule has 0 aromatic heterocycles. The molecule has 0 saturated heterocycles. The molecule has 0 aliphatic heterocycles. The Labute approximate surface area is 102 Å². The summed E-state index contributed by atoms with van der Waals surface area (Å²) in [5.41, 5.74) is 3.38. The van der Waals surface area contributed by atoms with Gasteiger partial charge in [0.15, 0.2) is 0 Å². The van der Waals surface area contributed by atoms with E-state index in [0.29, 0.717) is 5.92 Å². The van der Waals surface area contributed by atoms with Crippen molar-refractivity contribution in [2.75, 3.05) is 12.4 Å². The summed E-state index contributed by atoms with van der Waals surface area (Å²) in [7, 11) is 1.45. The fourth-order valence-electron chi connectivity index (χ4n) is 1.98. The lowest BCUT2D eigenvalue weighted by Gasteiger charge is -2.19. The predicted octanol–water partition coefficient (Wildman–Crippen LogP) is 2.67. The Kier molecular flexibility index (Phi) is 3.36. The number of aryl methyl sites for hydroxylation is 2. The molecule has 17 heavy (non-hydrogen) atoms. The highest BCUT2D eigenvalue weighted by molar-refractivity contribution is 5.80. The molecule has 1 aromatic carbocycles. The van der Waals surface area contributed by atoms with Gasteiger partial charge >= 0.3 is 5.97 Å². The number of esters is 1. The molecule has 3 nitrogen and oxygen atoms in total. The van der Waals surface area contributed by atoms with Crippen molar-refractivity contribution in [2.45, 2.75) is 32.7 Å². The average molecular weight is 233 g/mol. The number of carbonyl (C=O) groups is 1. The number of carbonyl (C=O) groups excluding carboxylic acids is 1. The molecule has 0 radical (unpaired) electrons. The molecule has 1 fully saturated rings. The van der Waals surface area contributed by atoms with E-state index in [-0.39, 0.29) is 12.0 Å². The van der Waals surface area contributed by atoms with Gasteiger partial charge in [-0.3, -0.25) is 0 Å². The average Bonchev–Trinajstić information content (AvgIpc) is 3.13. The van der Waals surface area contributed by atoms with E-state index in [4.69, 9.17) is 4.74 Å². The smallest absolute Gasteiger partial charge is 0.328 e. The van der Waals surface area contributed by atoms with E-state index in [2.05, 4.69) is 30.4 Å². The summed E-state index contributed by atoms with van der Waals surface area (Å²) >= 11 is 0. The minimum absolute atomic E-state index is 0.159. The van der Waals surface area contributed by atoms with Crippen LogP contribution in [0.1, 0.15) is 24.0 Å². The predicted molar refractivity (Wildman–Crippen MR) is 68.1 cm³/mol. The summed E-state index contributed by atoms with van der Waals surface area (Å²) < 4.78 is 4.85. The van der Waals surface area contributed by atoms with Crippen LogP contribution in [0.25, 0.3) is 0 Å². The number of rotatable bonds is 4. The van der Waals surface area contributed by atoms with Gasteiger partial charge in [-0.1, -0.05) is 12.1 Å². The lowest BCUT2D eigenvalue weighted by molar-refractivity contribution is -0.142. The number of hydrogen-bond acceptors (Lipinski definition) is 3. The minimum Gasteiger partial charge on any atom is -0.467 e. The van der Waals surface area contributed by atoms with Gasteiger partial charge in [0.25, 0.3) is 0 Å². The Balaban J connectivity index is 2.16. The highest BCUT2D eigenvalue weighted by atomic mass is 16.5. The van der Waals surface area contributed by atoms with E-state index >= 15 is 0 Å². The molecule has 0 spiro atoms. The summed E-state index contributed by atoms with van der Waals surface area (Å²) in [6.07, 6.45) is 2.22. The van der Waals surface area contributed by atoms with Crippen LogP contribution in [0.3, 0.4) is 0 Å². The van der Waals surface area contributed by atoms with Gasteiger partial charge in [0.1, 0.15) is 6.04 Å². The maximum absolute atomic E-state index is 11.7. The van der Waals surface area contributed by atoms with Crippen molar-refractivity contribution in [3.05, 3.63) is 29.3 Å². The van der Waals surface area contributed by atoms with Crippen LogP contribution in [-0.4, -0.2) is 19.1 Å². The van der Waals surface area contributed by atoms with Crippen molar-refractivity contribution in [1.82, 2.24) is 0 Å². The molecular formula is C14H19NO2. The minimum atomic E-state index is -0.194. The van der Waals surface area contributed by atoms with Crippen molar-refractivity contribution in [2.24, 2.45) is 5.92 Å². The van der Waals surface area contributed by atoms with Gasteiger partial charge in [0.05, 0.1) is 7.11 Å². The molecule has 2 rings (SSSR count). The zero-order chi connectivity index (χ0) is 12.4. The van der Waals surface area contributed by atoms with Crippen molar-refractivity contribution < 1.29 is 9.53 Å². The number of methoxy groups -OCH3 is 1. The van der Waals surface area contributed by atoms with Gasteiger partial charge < -0.3 is 10.1 Å². The summed E-state index contributed by atoms with van der Waals surface area (Å²) in [5, 5.41) is 3.33. The number of anilines is 1. The van der Waals surface area contributed by atoms with Gasteiger partial charge in [-0.25, -0.2) is 4.79 Å². The highest BCUT2D eigenvalue weighted by Gasteiger charge is 2.37. The van der Waals surface area contributed by atoms with Crippen LogP contribution in [0.5, 0.6) is 0 Å². The second-order valence-electron chi connectivity index (χ2n) is 4.80. The Hall–Kier alpha value is -1.51. The zero-order valence-corrected chi connectivity index (χ0v) is 10.6. The van der Waals surface area contributed by atoms with E-state index < -0.39 is 0 Å². The van der Waals surface area contributed by atoms with Crippen molar-refractivity contribution in [3.8, 4) is 0 Å². The van der Waals surface area contributed by atoms with Crippen LogP contribution in [0.2, 0.25) is 0 Å². The van der Waals surface area contributed by atoms with Crippen molar-refractivity contribution in [3.63, 3.8) is 0 Å². The second kappa shape index (κ2) is 4.78. The quantitative estimate of drug-likeness (QED) is 0.812. The first-order valence-corrected chi connectivity index (χ1v) is 6.03. The van der Waals surface area contributed by atoms with E-state index in [0.717, 1.165) is 24.1 Å². The van der Waals surface area contributed by atoms with Crippen LogP contribution >= 0.6 is 0 Å². The molecule has 1 saturated carbocycles. The van der Waals surface area contributed by atoms with Gasteiger partial charge in [0, 0.05) is 5.69 Å². The first-order chi connectivity index (χ1) is 8.11. The number of nitrogens with one attached hydrogen (secondary N) is 1. The first-order valence-electron chi connectivity index (χ1n) is 6.03. The first kappa shape index (κ1) is 12.0. The third-order valence-corrected chi connectivity index (χ3v) is 3.25. The van der Waals surface area contributed by atoms with Crippen LogP contribution in [0.15, 0.2) is 18.2 Å². The van der Waals surface area contributed by atoms with E-state index in [1.54, 1.807) is 0 Å². The molecule has 0 bridgehead atoms. The lowest BCUT2D eigenvalue weighted by Crippen LogP contribution is -2.33. The molecule has 1 aliphatic carbocycles. The summed E-state index contributed by atoms with van der Waals surface area (Å²) in [4.78, 5) is 11.7. The SMILES string of the molecule is COC(=O)C(Nc1cc(C)ccc1C)C1CC1. The number of ether oxygens (including phenoxy) is 1. The number of hydrogen-bond donors (Lipinski definition) is 1. The molecule has 0 heterocycles. The van der Waals surface area contributed by atoms with E-state index in [9.17, 15) is 4.79 Å². The maximum atomic E-state index is 11.7. The monoisotopic (exact) mass is 233 g/mol. The zero-order valence-electron chi connectivity index (χ0n) is 10.6. The van der Waals surface area contributed by atoms with Gasteiger partial charge in [0.2, 0.25) is 0 Å². The molecule has 1 aromatic rings. The Morgan fingerprint density at radius 3 is 2.71 bits per heavy atom. The number of benzene rings is 1. The normalized spacial score (nSPS) is 16.4. The molecule has 1 N–H and O–H groups in total. The van der Waals surface area contributed by atoms with E-state index in [1.165, 1.54) is 12.7 Å². The molecular weight excluding hydrogens is 214 g/mol. The maximum Gasteiger partial charge on any atom is 0.328 e. The van der Waals surface area contributed by atoms with Crippen molar-refractivity contribution in [1.29, 1.82) is 0 Å². The lowest BCUT2D eigenvalue weighted by atomic mass is 10.1. The molecule has 0 amide bonds. The fourth-order valence-corrected chi connectivity index (χ4v) is 1.98. The van der Waals surface area contributed by atoms with Crippen molar-refractivity contribution >= 4 is 11.7 Å². The van der Waals surface area contributed by atoms with Crippen LogP contribution < -0.4 is 5.32 Å². The Bertz CT molecular complexity index is 424. The van der Waals surface area contributed by atoms with Gasteiger partial charge in [-0.05, 0) is 49.8 Å². The Morgan fingerprint density at radius 1 is 1.41 bits per heavy atom. The fraction of sp³-hybridized carbons (Fsp3) is 0.500. The molecule has 1 aliphatic rings. The van der Waals surface area contributed by atoms with Crippen LogP contribution in [0.4, 0.5) is 5.69 Å². The van der Waals surface area contributed by atoms with Gasteiger partial charge in [-0.15, -0.1) is 0 Å².